The molecule has 180 valence electrons. The molecule has 35 heavy (non-hydrogen) atoms. The summed E-state index contributed by atoms with van der Waals surface area (Å²) in [5, 5.41) is 11.4. The molecule has 1 unspecified atom stereocenters. The SMILES string of the molecule is COc1ccc(Cl)cc1/C(O)=C1\C(=O)C(=O)N(c2cccc(OC(F)(F)F)c2)C1c1ccccn1. The number of hydrogen-bond acceptors (Lipinski definition) is 6. The van der Waals surface area contributed by atoms with E-state index in [0.717, 1.165) is 17.0 Å². The van der Waals surface area contributed by atoms with Gasteiger partial charge in [0, 0.05) is 23.0 Å². The molecule has 1 aliphatic rings. The molecule has 1 fully saturated rings. The zero-order valence-electron chi connectivity index (χ0n) is 17.9. The molecule has 0 saturated carbocycles. The molecule has 3 aromatic rings. The maximum atomic E-state index is 13.2. The van der Waals surface area contributed by atoms with Gasteiger partial charge in [-0.2, -0.15) is 0 Å². The second kappa shape index (κ2) is 9.30. The fourth-order valence-corrected chi connectivity index (χ4v) is 3.93. The number of nitrogens with zero attached hydrogens (tertiary/aromatic N) is 2. The lowest BCUT2D eigenvalue weighted by Gasteiger charge is -2.25. The first-order valence-electron chi connectivity index (χ1n) is 10.0. The molecule has 2 heterocycles. The number of aliphatic hydroxyl groups excluding tert-OH is 1. The van der Waals surface area contributed by atoms with Gasteiger partial charge in [-0.05, 0) is 42.5 Å². The first-order valence-corrected chi connectivity index (χ1v) is 10.4. The zero-order chi connectivity index (χ0) is 25.3. The Bertz CT molecular complexity index is 1330. The number of ketones is 1. The highest BCUT2D eigenvalue weighted by Crippen LogP contribution is 2.43. The third kappa shape index (κ3) is 4.78. The van der Waals surface area contributed by atoms with Gasteiger partial charge in [0.15, 0.2) is 0 Å². The second-order valence-corrected chi connectivity index (χ2v) is 7.75. The Hall–Kier alpha value is -4.05. The van der Waals surface area contributed by atoms with E-state index in [2.05, 4.69) is 9.72 Å². The number of hydrogen-bond donors (Lipinski definition) is 1. The van der Waals surface area contributed by atoms with Crippen molar-refractivity contribution < 1.29 is 37.3 Å². The van der Waals surface area contributed by atoms with Crippen LogP contribution in [0.25, 0.3) is 5.76 Å². The highest BCUT2D eigenvalue weighted by molar-refractivity contribution is 6.51. The molecule has 0 radical (unpaired) electrons. The third-order valence-electron chi connectivity index (χ3n) is 5.16. The van der Waals surface area contributed by atoms with E-state index in [1.807, 2.05) is 0 Å². The summed E-state index contributed by atoms with van der Waals surface area (Å²) in [5.74, 6) is -3.13. The summed E-state index contributed by atoms with van der Waals surface area (Å²) in [6.45, 7) is 0. The van der Waals surface area contributed by atoms with Gasteiger partial charge in [-0.25, -0.2) is 0 Å². The summed E-state index contributed by atoms with van der Waals surface area (Å²) in [6.07, 6.45) is -3.55. The normalized spacial score (nSPS) is 17.5. The maximum Gasteiger partial charge on any atom is 0.573 e. The third-order valence-corrected chi connectivity index (χ3v) is 5.39. The summed E-state index contributed by atoms with van der Waals surface area (Å²) >= 11 is 6.07. The number of carbonyl (C=O) groups is 2. The van der Waals surface area contributed by atoms with E-state index in [-0.39, 0.29) is 33.3 Å². The minimum Gasteiger partial charge on any atom is -0.507 e. The van der Waals surface area contributed by atoms with Gasteiger partial charge in [0.25, 0.3) is 11.7 Å². The van der Waals surface area contributed by atoms with Crippen LogP contribution in [0.15, 0.2) is 72.4 Å². The number of halogens is 4. The molecule has 1 amide bonds. The maximum absolute atomic E-state index is 13.2. The number of aromatic nitrogens is 1. The molecule has 11 heteroatoms. The minimum atomic E-state index is -4.96. The Kier molecular flexibility index (Phi) is 6.40. The number of benzene rings is 2. The molecular weight excluding hydrogens is 489 g/mol. The van der Waals surface area contributed by atoms with Crippen molar-refractivity contribution in [3.8, 4) is 11.5 Å². The quantitative estimate of drug-likeness (QED) is 0.289. The van der Waals surface area contributed by atoms with Gasteiger partial charge in [0.2, 0.25) is 0 Å². The van der Waals surface area contributed by atoms with Crippen LogP contribution in [0.2, 0.25) is 5.02 Å². The average molecular weight is 505 g/mol. The topological polar surface area (TPSA) is 89.0 Å². The van der Waals surface area contributed by atoms with E-state index in [4.69, 9.17) is 16.3 Å². The minimum absolute atomic E-state index is 0.0492. The van der Waals surface area contributed by atoms with E-state index in [0.29, 0.717) is 0 Å². The number of methoxy groups -OCH3 is 1. The first-order chi connectivity index (χ1) is 16.6. The average Bonchev–Trinajstić information content (AvgIpc) is 3.08. The van der Waals surface area contributed by atoms with Crippen LogP contribution in [0.3, 0.4) is 0 Å². The number of pyridine rings is 1. The van der Waals surface area contributed by atoms with Crippen molar-refractivity contribution in [2.75, 3.05) is 12.0 Å². The van der Waals surface area contributed by atoms with Crippen molar-refractivity contribution >= 4 is 34.7 Å². The largest absolute Gasteiger partial charge is 0.573 e. The molecule has 0 aliphatic carbocycles. The molecule has 0 bridgehead atoms. The molecule has 0 spiro atoms. The molecule has 1 atom stereocenters. The molecule has 1 N–H and O–H groups in total. The van der Waals surface area contributed by atoms with Crippen molar-refractivity contribution in [1.29, 1.82) is 0 Å². The van der Waals surface area contributed by atoms with E-state index in [1.165, 1.54) is 49.7 Å². The van der Waals surface area contributed by atoms with Gasteiger partial charge in [-0.15, -0.1) is 13.2 Å². The number of aliphatic hydroxyl groups is 1. The van der Waals surface area contributed by atoms with Crippen LogP contribution in [0.5, 0.6) is 11.5 Å². The zero-order valence-corrected chi connectivity index (χ0v) is 18.7. The number of carbonyl (C=O) groups excluding carboxylic acids is 2. The van der Waals surface area contributed by atoms with Gasteiger partial charge in [0.1, 0.15) is 23.3 Å². The Labute approximate surface area is 202 Å². The highest BCUT2D eigenvalue weighted by atomic mass is 35.5. The number of rotatable bonds is 5. The first kappa shape index (κ1) is 24.1. The monoisotopic (exact) mass is 504 g/mol. The predicted molar refractivity (Wildman–Crippen MR) is 120 cm³/mol. The van der Waals surface area contributed by atoms with Gasteiger partial charge in [0.05, 0.1) is 23.9 Å². The van der Waals surface area contributed by atoms with Crippen LogP contribution in [-0.4, -0.2) is 35.3 Å². The number of Topliss-reactive ketones (excluding diaryl/α,β-unsaturated/α-hetero) is 1. The molecule has 1 aliphatic heterocycles. The van der Waals surface area contributed by atoms with Crippen molar-refractivity contribution in [3.05, 3.63) is 88.7 Å². The highest BCUT2D eigenvalue weighted by Gasteiger charge is 2.48. The fourth-order valence-electron chi connectivity index (χ4n) is 3.76. The van der Waals surface area contributed by atoms with E-state index >= 15 is 0 Å². The Morgan fingerprint density at radius 3 is 2.51 bits per heavy atom. The smallest absolute Gasteiger partial charge is 0.507 e. The molecule has 7 nitrogen and oxygen atoms in total. The molecule has 4 rings (SSSR count). The van der Waals surface area contributed by atoms with Crippen LogP contribution < -0.4 is 14.4 Å². The summed E-state index contributed by atoms with van der Waals surface area (Å²) in [6, 6.07) is 12.4. The van der Waals surface area contributed by atoms with Gasteiger partial charge < -0.3 is 14.6 Å². The number of ether oxygens (including phenoxy) is 2. The van der Waals surface area contributed by atoms with E-state index < -0.39 is 35.6 Å². The van der Waals surface area contributed by atoms with Crippen molar-refractivity contribution in [1.82, 2.24) is 4.98 Å². The van der Waals surface area contributed by atoms with Crippen LogP contribution in [0.4, 0.5) is 18.9 Å². The van der Waals surface area contributed by atoms with Crippen LogP contribution in [0, 0.1) is 0 Å². The van der Waals surface area contributed by atoms with Crippen LogP contribution in [-0.2, 0) is 9.59 Å². The molecule has 2 aromatic carbocycles. The predicted octanol–water partition coefficient (Wildman–Crippen LogP) is 5.27. The lowest BCUT2D eigenvalue weighted by atomic mass is 9.97. The summed E-state index contributed by atoms with van der Waals surface area (Å²) in [5.41, 5.74) is -0.164. The molecule has 1 aromatic heterocycles. The standard InChI is InChI=1S/C24H16ClF3N2O5/c1-34-18-9-8-13(25)11-16(18)21(31)19-20(17-7-2-3-10-29-17)30(23(33)22(19)32)14-5-4-6-15(12-14)35-24(26,27)28/h2-12,20,31H,1H3/b21-19+. The van der Waals surface area contributed by atoms with Crippen LogP contribution >= 0.6 is 11.6 Å². The van der Waals surface area contributed by atoms with Crippen molar-refractivity contribution in [2.45, 2.75) is 12.4 Å². The van der Waals surface area contributed by atoms with Crippen molar-refractivity contribution in [2.24, 2.45) is 0 Å². The fraction of sp³-hybridized carbons (Fsp3) is 0.125. The molecule has 1 saturated heterocycles. The number of alkyl halides is 3. The Balaban J connectivity index is 1.93. The van der Waals surface area contributed by atoms with Gasteiger partial charge in [-0.1, -0.05) is 23.7 Å². The summed E-state index contributed by atoms with van der Waals surface area (Å²) in [7, 11) is 1.35. The summed E-state index contributed by atoms with van der Waals surface area (Å²) < 4.78 is 47.5. The molecular formula is C24H16ClF3N2O5. The van der Waals surface area contributed by atoms with Crippen molar-refractivity contribution in [3.63, 3.8) is 0 Å². The van der Waals surface area contributed by atoms with E-state index in [1.54, 1.807) is 12.1 Å². The second-order valence-electron chi connectivity index (χ2n) is 7.31. The van der Waals surface area contributed by atoms with Crippen LogP contribution in [0.1, 0.15) is 17.3 Å². The lowest BCUT2D eigenvalue weighted by molar-refractivity contribution is -0.274. The lowest BCUT2D eigenvalue weighted by Crippen LogP contribution is -2.30. The summed E-state index contributed by atoms with van der Waals surface area (Å²) in [4.78, 5) is 31.5. The van der Waals surface area contributed by atoms with Gasteiger partial charge >= 0.3 is 6.36 Å². The number of anilines is 1. The Morgan fingerprint density at radius 2 is 1.86 bits per heavy atom. The van der Waals surface area contributed by atoms with E-state index in [9.17, 15) is 27.9 Å². The Morgan fingerprint density at radius 1 is 1.09 bits per heavy atom. The van der Waals surface area contributed by atoms with Gasteiger partial charge in [-0.3, -0.25) is 19.5 Å². The number of amides is 1.